The number of aryl methyl sites for hydroxylation is 8. The Bertz CT molecular complexity index is 2910. The molecule has 0 saturated heterocycles. The van der Waals surface area contributed by atoms with Crippen molar-refractivity contribution < 1.29 is 0 Å². The van der Waals surface area contributed by atoms with Gasteiger partial charge in [-0.1, -0.05) is 194 Å². The van der Waals surface area contributed by atoms with Gasteiger partial charge >= 0.3 is 0 Å². The molecule has 0 N–H and O–H groups in total. The maximum atomic E-state index is 4.28. The molecular formula is C92H156N14. The topological polar surface area (TPSA) is 180 Å². The molecule has 0 spiro atoms. The van der Waals surface area contributed by atoms with Gasteiger partial charge in [-0.15, -0.1) is 0 Å². The lowest BCUT2D eigenvalue weighted by atomic mass is 9.95. The lowest BCUT2D eigenvalue weighted by Crippen LogP contribution is -2.06. The van der Waals surface area contributed by atoms with Gasteiger partial charge in [0.1, 0.15) is 0 Å². The van der Waals surface area contributed by atoms with Crippen LogP contribution in [0.5, 0.6) is 0 Å². The van der Waals surface area contributed by atoms with E-state index < -0.39 is 0 Å². The van der Waals surface area contributed by atoms with Crippen LogP contribution in [0.2, 0.25) is 0 Å². The van der Waals surface area contributed by atoms with Gasteiger partial charge in [0, 0.05) is 12.4 Å². The zero-order chi connectivity index (χ0) is 79.5. The molecule has 0 aliphatic heterocycles. The van der Waals surface area contributed by atoms with Crippen molar-refractivity contribution in [1.29, 1.82) is 0 Å². The molecule has 7 aromatic rings. The minimum Gasteiger partial charge on any atom is -0.159 e. The molecule has 14 heteroatoms. The first-order valence-electron chi connectivity index (χ1n) is 41.7. The molecule has 0 radical (unpaired) electrons. The van der Waals surface area contributed by atoms with E-state index in [0.29, 0.717) is 35.5 Å². The van der Waals surface area contributed by atoms with Crippen LogP contribution in [0.3, 0.4) is 0 Å². The molecule has 7 rings (SSSR count). The van der Waals surface area contributed by atoms with Crippen molar-refractivity contribution in [2.45, 2.75) is 335 Å². The highest BCUT2D eigenvalue weighted by Gasteiger charge is 2.13. The third-order valence-electron chi connectivity index (χ3n) is 17.5. The summed E-state index contributed by atoms with van der Waals surface area (Å²) in [6.45, 7) is 62.7. The minimum absolute atomic E-state index is 0.651. The predicted molar refractivity (Wildman–Crippen MR) is 451 cm³/mol. The van der Waals surface area contributed by atoms with Crippen molar-refractivity contribution in [1.82, 2.24) is 71.4 Å². The first-order valence-corrected chi connectivity index (χ1v) is 41.7. The summed E-state index contributed by atoms with van der Waals surface area (Å²) in [5.41, 5.74) is 17.6. The summed E-state index contributed by atoms with van der Waals surface area (Å²) >= 11 is 0. The summed E-state index contributed by atoms with van der Waals surface area (Å²) in [5.74, 6) is 9.99. The molecule has 0 atom stereocenters. The number of rotatable bonds is 36. The van der Waals surface area contributed by atoms with E-state index >= 15 is 0 Å². The molecule has 14 nitrogen and oxygen atoms in total. The molecule has 0 aliphatic carbocycles. The Morgan fingerprint density at radius 2 is 0.500 bits per heavy atom. The number of aromatic nitrogens is 14. The Morgan fingerprint density at radius 3 is 0.868 bits per heavy atom. The second-order valence-electron chi connectivity index (χ2n) is 35.7. The van der Waals surface area contributed by atoms with Crippen LogP contribution in [-0.4, -0.2) is 71.4 Å². The smallest absolute Gasteiger partial charge is 0.0665 e. The van der Waals surface area contributed by atoms with Crippen LogP contribution in [0.1, 0.15) is 324 Å². The molecule has 0 fully saturated rings. The predicted octanol–water partition coefficient (Wildman–Crippen LogP) is 23.2. The van der Waals surface area contributed by atoms with Gasteiger partial charge < -0.3 is 0 Å². The molecule has 7 aromatic heterocycles. The van der Waals surface area contributed by atoms with Crippen molar-refractivity contribution in [2.75, 3.05) is 0 Å². The number of hydrogen-bond donors (Lipinski definition) is 0. The Kier molecular flexibility index (Phi) is 53.1. The normalized spacial score (nSPS) is 11.3. The van der Waals surface area contributed by atoms with E-state index in [4.69, 9.17) is 0 Å². The highest BCUT2D eigenvalue weighted by atomic mass is 15.1. The molecule has 0 amide bonds. The quantitative estimate of drug-likeness (QED) is 0.0362. The second kappa shape index (κ2) is 57.7. The van der Waals surface area contributed by atoms with Gasteiger partial charge in [-0.25, -0.2) is 0 Å². The number of hydrogen-bond acceptors (Lipinski definition) is 14. The highest BCUT2D eigenvalue weighted by Crippen LogP contribution is 2.21. The summed E-state index contributed by atoms with van der Waals surface area (Å²) < 4.78 is 0. The van der Waals surface area contributed by atoms with Crippen molar-refractivity contribution in [2.24, 2.45) is 82.9 Å². The van der Waals surface area contributed by atoms with Crippen LogP contribution in [0.25, 0.3) is 0 Å². The van der Waals surface area contributed by atoms with Crippen molar-refractivity contribution in [3.8, 4) is 0 Å². The van der Waals surface area contributed by atoms with Gasteiger partial charge in [-0.2, -0.15) is 71.4 Å². The average molecular weight is 1460 g/mol. The SMILES string of the molecule is CC(C)CCc1ccc(CCC(C)C)nn1.CC(C)CCc1ccnnc1CCC(C)C.CC(C)CCc1cnnc(CCC(C)C)c1.CC(C)CCc1cnncc1CCC(C)C.CC(C)Cc1ccc(CC(C)C)nn1.CC(C)Cc1ccnnc1CC(C)C.CC(C)Cc1cnncc1CC(C)C. The van der Waals surface area contributed by atoms with Gasteiger partial charge in [0.25, 0.3) is 0 Å². The zero-order valence-electron chi connectivity index (χ0n) is 73.0. The lowest BCUT2D eigenvalue weighted by Gasteiger charge is -2.11. The van der Waals surface area contributed by atoms with Gasteiger partial charge in [0.2, 0.25) is 0 Å². The molecule has 7 heterocycles. The Hall–Kier alpha value is -6.44. The fraction of sp³-hybridized carbons (Fsp3) is 0.696. The zero-order valence-corrected chi connectivity index (χ0v) is 73.0. The summed E-state index contributed by atoms with van der Waals surface area (Å²) in [6, 6.07) is 14.9. The average Bonchev–Trinajstić information content (AvgIpc) is 0.848. The van der Waals surface area contributed by atoms with Crippen LogP contribution >= 0.6 is 0 Å². The summed E-state index contributed by atoms with van der Waals surface area (Å²) in [6.07, 6.45) is 38.1. The van der Waals surface area contributed by atoms with E-state index in [2.05, 4.69) is 308 Å². The van der Waals surface area contributed by atoms with Gasteiger partial charge in [0.15, 0.2) is 0 Å². The van der Waals surface area contributed by atoms with E-state index in [9.17, 15) is 0 Å². The largest absolute Gasteiger partial charge is 0.159 e. The van der Waals surface area contributed by atoms with E-state index in [1.807, 2.05) is 37.2 Å². The van der Waals surface area contributed by atoms with Crippen LogP contribution in [0.4, 0.5) is 0 Å². The van der Waals surface area contributed by atoms with Crippen LogP contribution < -0.4 is 0 Å². The molecule has 594 valence electrons. The van der Waals surface area contributed by atoms with E-state index in [0.717, 1.165) is 166 Å². The van der Waals surface area contributed by atoms with Gasteiger partial charge in [0.05, 0.1) is 70.8 Å². The first kappa shape index (κ1) is 97.6. The summed E-state index contributed by atoms with van der Waals surface area (Å²) in [5, 5.41) is 57.6. The second-order valence-corrected chi connectivity index (χ2v) is 35.7. The van der Waals surface area contributed by atoms with E-state index in [1.165, 1.54) is 102 Å². The first-order chi connectivity index (χ1) is 50.1. The summed E-state index contributed by atoms with van der Waals surface area (Å²) in [7, 11) is 0. The fourth-order valence-corrected chi connectivity index (χ4v) is 11.2. The fourth-order valence-electron chi connectivity index (χ4n) is 11.2. The van der Waals surface area contributed by atoms with Crippen LogP contribution in [0.15, 0.2) is 85.8 Å². The Morgan fingerprint density at radius 1 is 0.198 bits per heavy atom. The van der Waals surface area contributed by atoms with Crippen molar-refractivity contribution in [3.05, 3.63) is 165 Å². The molecule has 0 saturated carbocycles. The highest BCUT2D eigenvalue weighted by molar-refractivity contribution is 5.23. The van der Waals surface area contributed by atoms with Gasteiger partial charge in [-0.3, -0.25) is 0 Å². The molecule has 0 bridgehead atoms. The monoisotopic (exact) mass is 1460 g/mol. The summed E-state index contributed by atoms with van der Waals surface area (Å²) in [4.78, 5) is 0. The van der Waals surface area contributed by atoms with Crippen molar-refractivity contribution >= 4 is 0 Å². The van der Waals surface area contributed by atoms with E-state index in [-0.39, 0.29) is 0 Å². The lowest BCUT2D eigenvalue weighted by molar-refractivity contribution is 0.562. The third kappa shape index (κ3) is 52.6. The van der Waals surface area contributed by atoms with E-state index in [1.54, 1.807) is 6.20 Å². The van der Waals surface area contributed by atoms with Crippen molar-refractivity contribution in [3.63, 3.8) is 0 Å². The molecule has 0 unspecified atom stereocenters. The minimum atomic E-state index is 0.651. The third-order valence-corrected chi connectivity index (χ3v) is 17.5. The Balaban J connectivity index is 0.000000619. The standard InChI is InChI=1S/4C14H24N2.3C12H20N2/c1-11(2)5-7-13-9-15-16-10-14(13)8-6-12(3)4;1-11(2)5-7-13-9-14(16-15-10-13)8-6-12(3)4;1-11(2)5-7-13-9-10-15-16-14(13)8-6-12(3)4;1-11(2)5-7-13-9-10-14(16-15-13)8-6-12(3)4;1-9(2)5-11-7-13-14-8-12(11)6-10(3)4;1-9(2)7-11-5-6-13-14-12(11)8-10(3)4;1-9(2)7-11-5-6-12(14-13-11)8-10(3)4/h4*9-12H,5-8H2,1-4H3;7-10H,5-6H2,1-4H3;2*5-6,9-10H,7-8H2,1-4H3. The Labute approximate surface area is 650 Å². The van der Waals surface area contributed by atoms with Gasteiger partial charge in [-0.05, 0) is 306 Å². The molecular weight excluding hydrogens is 1300 g/mol. The van der Waals surface area contributed by atoms with Crippen LogP contribution in [-0.2, 0) is 89.9 Å². The maximum Gasteiger partial charge on any atom is 0.0665 e. The maximum absolute atomic E-state index is 4.28. The molecule has 0 aliphatic rings. The van der Waals surface area contributed by atoms with Crippen LogP contribution in [0, 0.1) is 82.9 Å². The molecule has 106 heavy (non-hydrogen) atoms. The number of nitrogens with zero attached hydrogens (tertiary/aromatic N) is 14. The molecule has 0 aromatic carbocycles.